The molecular weight excluding hydrogens is 368 g/mol. The molecule has 0 aliphatic carbocycles. The van der Waals surface area contributed by atoms with Gasteiger partial charge in [-0.25, -0.2) is 0 Å². The molecule has 1 heteroatoms. The van der Waals surface area contributed by atoms with Crippen molar-refractivity contribution in [2.24, 2.45) is 0 Å². The number of thiophene rings is 1. The van der Waals surface area contributed by atoms with Gasteiger partial charge in [0.25, 0.3) is 0 Å². The second-order valence-electron chi connectivity index (χ2n) is 9.29. The molecule has 0 N–H and O–H groups in total. The highest BCUT2D eigenvalue weighted by Crippen LogP contribution is 2.21. The molecule has 29 heavy (non-hydrogen) atoms. The van der Waals surface area contributed by atoms with E-state index in [1.54, 1.807) is 11.1 Å². The van der Waals surface area contributed by atoms with Crippen molar-refractivity contribution in [2.75, 3.05) is 0 Å². The highest BCUT2D eigenvalue weighted by Gasteiger charge is 2.04. The van der Waals surface area contributed by atoms with E-state index in [1.165, 1.54) is 141 Å². The summed E-state index contributed by atoms with van der Waals surface area (Å²) in [6, 6.07) is 0. The van der Waals surface area contributed by atoms with Crippen LogP contribution in [0.2, 0.25) is 0 Å². The van der Waals surface area contributed by atoms with Crippen molar-refractivity contribution >= 4 is 11.3 Å². The van der Waals surface area contributed by atoms with E-state index in [0.717, 1.165) is 0 Å². The van der Waals surface area contributed by atoms with Gasteiger partial charge in [-0.05, 0) is 47.6 Å². The number of hydrogen-bond donors (Lipinski definition) is 0. The summed E-state index contributed by atoms with van der Waals surface area (Å²) in [4.78, 5) is 0. The molecule has 0 fully saturated rings. The molecule has 0 unspecified atom stereocenters. The Balaban J connectivity index is 1.93. The predicted octanol–water partition coefficient (Wildman–Crippen LogP) is 10.7. The van der Waals surface area contributed by atoms with Crippen molar-refractivity contribution in [3.05, 3.63) is 21.9 Å². The Bertz CT molecular complexity index is 395. The van der Waals surface area contributed by atoms with Crippen LogP contribution in [0.4, 0.5) is 0 Å². The normalized spacial score (nSPS) is 11.4. The highest BCUT2D eigenvalue weighted by atomic mass is 32.1. The summed E-state index contributed by atoms with van der Waals surface area (Å²) in [5.74, 6) is 0. The molecule has 170 valence electrons. The van der Waals surface area contributed by atoms with Crippen molar-refractivity contribution in [2.45, 2.75) is 155 Å². The van der Waals surface area contributed by atoms with E-state index in [0.29, 0.717) is 0 Å². The van der Waals surface area contributed by atoms with E-state index in [1.807, 2.05) is 11.3 Å². The minimum atomic E-state index is 1.33. The van der Waals surface area contributed by atoms with Gasteiger partial charge in [-0.15, -0.1) is 0 Å². The smallest absolute Gasteiger partial charge is 0.00584 e. The van der Waals surface area contributed by atoms with Gasteiger partial charge in [-0.2, -0.15) is 11.3 Å². The van der Waals surface area contributed by atoms with Crippen LogP contribution in [0.1, 0.15) is 153 Å². The van der Waals surface area contributed by atoms with E-state index in [4.69, 9.17) is 0 Å². The lowest BCUT2D eigenvalue weighted by molar-refractivity contribution is 0.553. The third kappa shape index (κ3) is 16.1. The van der Waals surface area contributed by atoms with Crippen LogP contribution in [-0.2, 0) is 12.8 Å². The Kier molecular flexibility index (Phi) is 19.3. The molecule has 1 aromatic heterocycles. The van der Waals surface area contributed by atoms with E-state index in [9.17, 15) is 0 Å². The lowest BCUT2D eigenvalue weighted by Crippen LogP contribution is -1.92. The Labute approximate surface area is 188 Å². The maximum absolute atomic E-state index is 2.43. The molecule has 0 bridgehead atoms. The molecule has 0 aromatic carbocycles. The summed E-state index contributed by atoms with van der Waals surface area (Å²) in [6.07, 6.45) is 31.4. The lowest BCUT2D eigenvalue weighted by Gasteiger charge is -2.06. The Morgan fingerprint density at radius 1 is 0.414 bits per heavy atom. The lowest BCUT2D eigenvalue weighted by atomic mass is 10.00. The fourth-order valence-corrected chi connectivity index (χ4v) is 5.33. The first-order chi connectivity index (χ1) is 14.4. The molecule has 0 spiro atoms. The van der Waals surface area contributed by atoms with Crippen LogP contribution >= 0.6 is 11.3 Å². The van der Waals surface area contributed by atoms with Gasteiger partial charge >= 0.3 is 0 Å². The van der Waals surface area contributed by atoms with Gasteiger partial charge in [0.1, 0.15) is 0 Å². The summed E-state index contributed by atoms with van der Waals surface area (Å²) in [5.41, 5.74) is 3.34. The van der Waals surface area contributed by atoms with Gasteiger partial charge in [0.15, 0.2) is 0 Å². The van der Waals surface area contributed by atoms with Crippen LogP contribution in [-0.4, -0.2) is 0 Å². The number of hydrogen-bond acceptors (Lipinski definition) is 1. The first kappa shape index (κ1) is 26.7. The number of unbranched alkanes of at least 4 members (excludes halogenated alkanes) is 18. The quantitative estimate of drug-likeness (QED) is 0.164. The van der Waals surface area contributed by atoms with Gasteiger partial charge in [0.2, 0.25) is 0 Å². The zero-order valence-corrected chi connectivity index (χ0v) is 20.9. The van der Waals surface area contributed by atoms with E-state index in [2.05, 4.69) is 24.6 Å². The zero-order chi connectivity index (χ0) is 20.8. The molecule has 0 saturated heterocycles. The molecule has 0 nitrogen and oxygen atoms in total. The SMILES string of the molecule is CCCCCCCCCCCCc1cscc1CCCCCCCCCCCC. The maximum Gasteiger partial charge on any atom is -0.00584 e. The molecule has 0 aliphatic rings. The van der Waals surface area contributed by atoms with Crippen LogP contribution in [0.15, 0.2) is 10.8 Å². The van der Waals surface area contributed by atoms with Crippen LogP contribution in [0.5, 0.6) is 0 Å². The Hall–Kier alpha value is -0.300. The minimum Gasteiger partial charge on any atom is -0.152 e. The summed E-state index contributed by atoms with van der Waals surface area (Å²) < 4.78 is 0. The first-order valence-electron chi connectivity index (χ1n) is 13.4. The molecule has 0 atom stereocenters. The van der Waals surface area contributed by atoms with Crippen LogP contribution < -0.4 is 0 Å². The highest BCUT2D eigenvalue weighted by molar-refractivity contribution is 7.08. The molecule has 1 aromatic rings. The van der Waals surface area contributed by atoms with Gasteiger partial charge < -0.3 is 0 Å². The minimum absolute atomic E-state index is 1.33. The average molecular weight is 421 g/mol. The van der Waals surface area contributed by atoms with Crippen molar-refractivity contribution in [3.8, 4) is 0 Å². The fourth-order valence-electron chi connectivity index (χ4n) is 4.39. The Morgan fingerprint density at radius 3 is 1.00 bits per heavy atom. The van der Waals surface area contributed by atoms with Crippen LogP contribution in [0, 0.1) is 0 Å². The van der Waals surface area contributed by atoms with E-state index < -0.39 is 0 Å². The van der Waals surface area contributed by atoms with Gasteiger partial charge in [0.05, 0.1) is 0 Å². The second-order valence-corrected chi connectivity index (χ2v) is 10.0. The number of aryl methyl sites for hydroxylation is 2. The number of rotatable bonds is 22. The van der Waals surface area contributed by atoms with Gasteiger partial charge in [-0.3, -0.25) is 0 Å². The first-order valence-corrected chi connectivity index (χ1v) is 14.4. The van der Waals surface area contributed by atoms with E-state index >= 15 is 0 Å². The summed E-state index contributed by atoms with van der Waals surface area (Å²) >= 11 is 1.93. The summed E-state index contributed by atoms with van der Waals surface area (Å²) in [5, 5.41) is 4.86. The van der Waals surface area contributed by atoms with E-state index in [-0.39, 0.29) is 0 Å². The van der Waals surface area contributed by atoms with Crippen molar-refractivity contribution < 1.29 is 0 Å². The predicted molar refractivity (Wildman–Crippen MR) is 135 cm³/mol. The molecule has 0 aliphatic heterocycles. The topological polar surface area (TPSA) is 0 Å². The van der Waals surface area contributed by atoms with Crippen molar-refractivity contribution in [1.29, 1.82) is 0 Å². The maximum atomic E-state index is 2.43. The van der Waals surface area contributed by atoms with Gasteiger partial charge in [-0.1, -0.05) is 129 Å². The van der Waals surface area contributed by atoms with Gasteiger partial charge in [0, 0.05) is 0 Å². The molecule has 1 rings (SSSR count). The molecule has 0 amide bonds. The fraction of sp³-hybridized carbons (Fsp3) is 0.857. The average Bonchev–Trinajstić information content (AvgIpc) is 3.18. The standard InChI is InChI=1S/C28H52S/c1-3-5-7-9-11-13-15-17-19-21-23-27-25-29-26-28(27)24-22-20-18-16-14-12-10-8-6-4-2/h25-26H,3-24H2,1-2H3. The molecule has 0 radical (unpaired) electrons. The van der Waals surface area contributed by atoms with Crippen molar-refractivity contribution in [1.82, 2.24) is 0 Å². The largest absolute Gasteiger partial charge is 0.152 e. The monoisotopic (exact) mass is 420 g/mol. The van der Waals surface area contributed by atoms with Crippen LogP contribution in [0.25, 0.3) is 0 Å². The molecular formula is C28H52S. The third-order valence-corrected chi connectivity index (χ3v) is 7.27. The van der Waals surface area contributed by atoms with Crippen molar-refractivity contribution in [3.63, 3.8) is 0 Å². The second kappa shape index (κ2) is 21.0. The summed E-state index contributed by atoms with van der Waals surface area (Å²) in [7, 11) is 0. The zero-order valence-electron chi connectivity index (χ0n) is 20.1. The summed E-state index contributed by atoms with van der Waals surface area (Å²) in [6.45, 7) is 4.60. The molecule has 1 heterocycles. The Morgan fingerprint density at radius 2 is 0.690 bits per heavy atom. The third-order valence-electron chi connectivity index (χ3n) is 6.43. The van der Waals surface area contributed by atoms with Crippen LogP contribution in [0.3, 0.4) is 0 Å². The molecule has 0 saturated carbocycles.